The van der Waals surface area contributed by atoms with Gasteiger partial charge in [-0.15, -0.1) is 0 Å². The summed E-state index contributed by atoms with van der Waals surface area (Å²) in [6, 6.07) is 17.5. The lowest BCUT2D eigenvalue weighted by Gasteiger charge is -2.25. The smallest absolute Gasteiger partial charge is 0.184 e. The molecule has 0 bridgehead atoms. The molecule has 1 aliphatic heterocycles. The van der Waals surface area contributed by atoms with E-state index >= 15 is 0 Å². The number of hydrogen-bond acceptors (Lipinski definition) is 1. The van der Waals surface area contributed by atoms with E-state index in [-0.39, 0.29) is 10.9 Å². The van der Waals surface area contributed by atoms with E-state index in [9.17, 15) is 0 Å². The number of hydrogen-bond donors (Lipinski definition) is 1. The number of allylic oxidation sites excluding steroid dienone is 3. The van der Waals surface area contributed by atoms with Gasteiger partial charge in [-0.2, -0.15) is 0 Å². The van der Waals surface area contributed by atoms with Crippen LogP contribution in [-0.2, 0) is 10.9 Å². The van der Waals surface area contributed by atoms with Crippen molar-refractivity contribution in [1.29, 1.82) is 0 Å². The number of benzene rings is 2. The molecule has 104 valence electrons. The summed E-state index contributed by atoms with van der Waals surface area (Å²) in [4.78, 5) is 2.89. The Morgan fingerprint density at radius 3 is 2.14 bits per heavy atom. The molecule has 1 atom stereocenters. The molecule has 0 aromatic heterocycles. The molecule has 21 heavy (non-hydrogen) atoms. The number of fused-ring (bicyclic) bond motifs is 2. The van der Waals surface area contributed by atoms with E-state index in [0.29, 0.717) is 5.25 Å². The molecule has 0 spiro atoms. The zero-order valence-corrected chi connectivity index (χ0v) is 12.9. The number of para-hydroxylation sites is 2. The first-order chi connectivity index (χ1) is 10.3. The van der Waals surface area contributed by atoms with Crippen molar-refractivity contribution in [3.63, 3.8) is 0 Å². The molecule has 1 nitrogen and oxygen atoms in total. The van der Waals surface area contributed by atoms with E-state index in [2.05, 4.69) is 79.0 Å². The zero-order valence-electron chi connectivity index (χ0n) is 12.0. The minimum atomic E-state index is 0.110. The SMILES string of the molecule is CC1=CCC([S+]2c3ccccc3Nc3ccccc32)C=C1. The highest BCUT2D eigenvalue weighted by atomic mass is 32.2. The van der Waals surface area contributed by atoms with Crippen LogP contribution >= 0.6 is 0 Å². The van der Waals surface area contributed by atoms with Gasteiger partial charge >= 0.3 is 0 Å². The second-order valence-electron chi connectivity index (χ2n) is 5.54. The topological polar surface area (TPSA) is 12.0 Å². The van der Waals surface area contributed by atoms with Crippen molar-refractivity contribution in [2.24, 2.45) is 0 Å². The van der Waals surface area contributed by atoms with E-state index < -0.39 is 0 Å². The molecule has 2 aromatic carbocycles. The van der Waals surface area contributed by atoms with Crippen LogP contribution in [0.4, 0.5) is 11.4 Å². The Labute approximate surface area is 128 Å². The minimum Gasteiger partial charge on any atom is -0.347 e. The van der Waals surface area contributed by atoms with Gasteiger partial charge in [-0.3, -0.25) is 0 Å². The maximum Gasteiger partial charge on any atom is 0.184 e. The van der Waals surface area contributed by atoms with Crippen LogP contribution in [0, 0.1) is 0 Å². The van der Waals surface area contributed by atoms with Crippen molar-refractivity contribution in [1.82, 2.24) is 0 Å². The third-order valence-electron chi connectivity index (χ3n) is 4.07. The van der Waals surface area contributed by atoms with Gasteiger partial charge in [0, 0.05) is 6.42 Å². The molecule has 1 aliphatic carbocycles. The lowest BCUT2D eigenvalue weighted by Crippen LogP contribution is -2.25. The molecular weight excluding hydrogens is 274 g/mol. The molecule has 0 amide bonds. The van der Waals surface area contributed by atoms with E-state index in [0.717, 1.165) is 6.42 Å². The fourth-order valence-electron chi connectivity index (χ4n) is 3.00. The van der Waals surface area contributed by atoms with Crippen molar-refractivity contribution in [3.8, 4) is 0 Å². The van der Waals surface area contributed by atoms with Crippen LogP contribution in [0.15, 0.2) is 82.1 Å². The molecule has 2 heteroatoms. The highest BCUT2D eigenvalue weighted by Gasteiger charge is 2.40. The summed E-state index contributed by atoms with van der Waals surface area (Å²) >= 11 is 0. The molecule has 1 unspecified atom stereocenters. The summed E-state index contributed by atoms with van der Waals surface area (Å²) in [5.41, 5.74) is 3.91. The van der Waals surface area contributed by atoms with Crippen LogP contribution in [-0.4, -0.2) is 5.25 Å². The van der Waals surface area contributed by atoms with Gasteiger partial charge < -0.3 is 5.32 Å². The Morgan fingerprint density at radius 1 is 0.952 bits per heavy atom. The molecule has 1 heterocycles. The Kier molecular flexibility index (Phi) is 3.12. The normalized spacial score (nSPS) is 20.2. The average molecular weight is 292 g/mol. The predicted octanol–water partition coefficient (Wildman–Crippen LogP) is 5.05. The first-order valence-corrected chi connectivity index (χ1v) is 8.65. The molecule has 2 aromatic rings. The third kappa shape index (κ3) is 2.20. The van der Waals surface area contributed by atoms with Crippen molar-refractivity contribution < 1.29 is 0 Å². The third-order valence-corrected chi connectivity index (χ3v) is 6.68. The molecule has 0 radical (unpaired) electrons. The Balaban J connectivity index is 1.84. The van der Waals surface area contributed by atoms with Crippen molar-refractivity contribution in [2.45, 2.75) is 28.4 Å². The second-order valence-corrected chi connectivity index (χ2v) is 7.70. The van der Waals surface area contributed by atoms with E-state index in [4.69, 9.17) is 0 Å². The summed E-state index contributed by atoms with van der Waals surface area (Å²) in [7, 11) is 0.110. The summed E-state index contributed by atoms with van der Waals surface area (Å²) < 4.78 is 0. The Hall–Kier alpha value is -1.93. The molecule has 1 N–H and O–H groups in total. The summed E-state index contributed by atoms with van der Waals surface area (Å²) in [5.74, 6) is 0. The van der Waals surface area contributed by atoms with Crippen LogP contribution < -0.4 is 5.32 Å². The maximum atomic E-state index is 3.59. The van der Waals surface area contributed by atoms with E-state index in [1.54, 1.807) is 0 Å². The molecule has 2 aliphatic rings. The van der Waals surface area contributed by atoms with Gasteiger partial charge in [-0.25, -0.2) is 0 Å². The van der Waals surface area contributed by atoms with Gasteiger partial charge in [0.1, 0.15) is 0 Å². The van der Waals surface area contributed by atoms with Gasteiger partial charge in [0.15, 0.2) is 15.0 Å². The van der Waals surface area contributed by atoms with Gasteiger partial charge in [0.2, 0.25) is 0 Å². The van der Waals surface area contributed by atoms with Crippen molar-refractivity contribution in [2.75, 3.05) is 5.32 Å². The highest BCUT2D eigenvalue weighted by molar-refractivity contribution is 7.98. The van der Waals surface area contributed by atoms with Crippen LogP contribution in [0.2, 0.25) is 0 Å². The van der Waals surface area contributed by atoms with Gasteiger partial charge in [-0.1, -0.05) is 42.0 Å². The summed E-state index contributed by atoms with van der Waals surface area (Å²) in [6.07, 6.45) is 8.17. The predicted molar refractivity (Wildman–Crippen MR) is 91.4 cm³/mol. The molecule has 0 fully saturated rings. The fraction of sp³-hybridized carbons (Fsp3) is 0.158. The van der Waals surface area contributed by atoms with Crippen LogP contribution in [0.1, 0.15) is 13.3 Å². The minimum absolute atomic E-state index is 0.110. The number of rotatable bonds is 1. The summed E-state index contributed by atoms with van der Waals surface area (Å²) in [5, 5.41) is 4.15. The first-order valence-electron chi connectivity index (χ1n) is 7.36. The highest BCUT2D eigenvalue weighted by Crippen LogP contribution is 2.44. The monoisotopic (exact) mass is 292 g/mol. The molecular formula is C19H18NS+. The second kappa shape index (κ2) is 5.12. The number of nitrogens with one attached hydrogen (secondary N) is 1. The molecule has 4 rings (SSSR count). The van der Waals surface area contributed by atoms with Crippen LogP contribution in [0.5, 0.6) is 0 Å². The van der Waals surface area contributed by atoms with E-state index in [1.165, 1.54) is 26.7 Å². The Morgan fingerprint density at radius 2 is 1.57 bits per heavy atom. The fourth-order valence-corrected chi connectivity index (χ4v) is 5.57. The first kappa shape index (κ1) is 12.8. The van der Waals surface area contributed by atoms with E-state index in [1.807, 2.05) is 0 Å². The number of anilines is 2. The molecule has 0 saturated heterocycles. The standard InChI is InChI=1S/C19H18NS/c1-14-10-12-15(13-11-14)21-18-8-4-2-6-16(18)20-17-7-3-5-9-19(17)21/h2-12,15,20H,13H2,1H3/q+1. The molecule has 0 saturated carbocycles. The van der Waals surface area contributed by atoms with Crippen LogP contribution in [0.3, 0.4) is 0 Å². The lowest BCUT2D eigenvalue weighted by molar-refractivity contribution is 1.01. The van der Waals surface area contributed by atoms with Crippen molar-refractivity contribution >= 4 is 22.3 Å². The quantitative estimate of drug-likeness (QED) is 0.725. The van der Waals surface area contributed by atoms with Gasteiger partial charge in [0.05, 0.1) is 22.3 Å². The average Bonchev–Trinajstić information content (AvgIpc) is 2.53. The maximum absolute atomic E-state index is 3.59. The zero-order chi connectivity index (χ0) is 14.2. The largest absolute Gasteiger partial charge is 0.347 e. The van der Waals surface area contributed by atoms with Gasteiger partial charge in [0.25, 0.3) is 0 Å². The van der Waals surface area contributed by atoms with Crippen LogP contribution in [0.25, 0.3) is 0 Å². The summed E-state index contributed by atoms with van der Waals surface area (Å²) in [6.45, 7) is 2.18. The Bertz CT molecular complexity index is 699. The van der Waals surface area contributed by atoms with Crippen molar-refractivity contribution in [3.05, 3.63) is 72.3 Å². The lowest BCUT2D eigenvalue weighted by atomic mass is 10.1. The van der Waals surface area contributed by atoms with Gasteiger partial charge in [-0.05, 0) is 37.3 Å².